The molecule has 1 radical (unpaired) electrons. The van der Waals surface area contributed by atoms with E-state index in [9.17, 15) is 0 Å². The van der Waals surface area contributed by atoms with Crippen LogP contribution in [0.25, 0.3) is 61.1 Å². The number of rotatable bonds is 5. The third kappa shape index (κ3) is 7.25. The summed E-state index contributed by atoms with van der Waals surface area (Å²) in [4.78, 5) is 9.29. The summed E-state index contributed by atoms with van der Waals surface area (Å²) >= 11 is 0. The van der Waals surface area contributed by atoms with Crippen LogP contribution in [0.5, 0.6) is 0 Å². The summed E-state index contributed by atoms with van der Waals surface area (Å²) in [5.41, 5.74) is 8.59. The summed E-state index contributed by atoms with van der Waals surface area (Å²) in [6.45, 7) is 4.76. The van der Waals surface area contributed by atoms with Crippen molar-refractivity contribution in [2.45, 2.75) is 26.5 Å². The Bertz CT molecular complexity index is 2420. The minimum absolute atomic E-state index is 0. The first-order valence-corrected chi connectivity index (χ1v) is 19.6. The van der Waals surface area contributed by atoms with Crippen molar-refractivity contribution in [2.24, 2.45) is 0 Å². The molecule has 3 heterocycles. The van der Waals surface area contributed by atoms with Gasteiger partial charge in [0, 0.05) is 58.6 Å². The number of benzene rings is 5. The quantitative estimate of drug-likeness (QED) is 0.128. The molecule has 243 valence electrons. The number of pyridine rings is 2. The van der Waals surface area contributed by atoms with Crippen molar-refractivity contribution < 1.29 is 24.2 Å². The van der Waals surface area contributed by atoms with Crippen LogP contribution in [-0.2, 0) is 20.1 Å². The summed E-state index contributed by atoms with van der Waals surface area (Å²) in [6.07, 6.45) is 3.92. The first kappa shape index (κ1) is 30.1. The van der Waals surface area contributed by atoms with Gasteiger partial charge in [-0.1, -0.05) is 117 Å². The Morgan fingerprint density at radius 1 is 0.633 bits per heavy atom. The van der Waals surface area contributed by atoms with Crippen molar-refractivity contribution in [2.75, 3.05) is 0 Å². The Balaban J connectivity index is 0.000000230. The van der Waals surface area contributed by atoms with Crippen LogP contribution in [0, 0.1) is 19.0 Å². The molecular formula is C44H37IrN3Si-2. The maximum absolute atomic E-state index is 8.03. The molecule has 0 aliphatic carbocycles. The van der Waals surface area contributed by atoms with Gasteiger partial charge < -0.3 is 14.5 Å². The maximum atomic E-state index is 8.03. The van der Waals surface area contributed by atoms with Gasteiger partial charge in [0.25, 0.3) is 0 Å². The molecule has 3 nitrogen and oxygen atoms in total. The summed E-state index contributed by atoms with van der Waals surface area (Å²) in [5.74, 6) is 0. The molecule has 0 fully saturated rings. The third-order valence-corrected chi connectivity index (χ3v) is 10.5. The summed E-state index contributed by atoms with van der Waals surface area (Å²) in [6, 6.07) is 52.4. The zero-order valence-electron chi connectivity index (χ0n) is 30.6. The first-order valence-electron chi connectivity index (χ1n) is 17.6. The predicted molar refractivity (Wildman–Crippen MR) is 205 cm³/mol. The summed E-state index contributed by atoms with van der Waals surface area (Å²) in [7, 11) is -1.23. The number of aryl methyl sites for hydroxylation is 1. The van der Waals surface area contributed by atoms with E-state index in [2.05, 4.69) is 83.8 Å². The van der Waals surface area contributed by atoms with Gasteiger partial charge in [-0.15, -0.1) is 65.2 Å². The van der Waals surface area contributed by atoms with Crippen LogP contribution in [0.15, 0.2) is 152 Å². The van der Waals surface area contributed by atoms with E-state index >= 15 is 0 Å². The van der Waals surface area contributed by atoms with Crippen molar-refractivity contribution >= 4 is 35.1 Å². The van der Waals surface area contributed by atoms with Crippen LogP contribution >= 0.6 is 0 Å². The topological polar surface area (TPSA) is 30.7 Å². The number of hydrogen-bond donors (Lipinski definition) is 0. The smallest absolute Gasteiger partial charge is 0.0795 e. The zero-order valence-corrected chi connectivity index (χ0v) is 31.0. The van der Waals surface area contributed by atoms with Crippen LogP contribution in [0.1, 0.15) is 9.68 Å². The van der Waals surface area contributed by atoms with Gasteiger partial charge in [0.05, 0.1) is 13.6 Å². The second kappa shape index (κ2) is 14.7. The van der Waals surface area contributed by atoms with E-state index in [-0.39, 0.29) is 25.7 Å². The average molecular weight is 831 g/mol. The third-order valence-electron chi connectivity index (χ3n) is 8.50. The molecule has 0 atom stereocenters. The van der Waals surface area contributed by atoms with Crippen molar-refractivity contribution in [3.63, 3.8) is 0 Å². The fraction of sp³-hybridized carbons (Fsp3) is 0.0909. The van der Waals surface area contributed by atoms with E-state index in [1.165, 1.54) is 5.19 Å². The molecule has 0 bridgehead atoms. The Labute approximate surface area is 307 Å². The van der Waals surface area contributed by atoms with Gasteiger partial charge in [-0.25, -0.2) is 0 Å². The van der Waals surface area contributed by atoms with E-state index < -0.39 is 14.9 Å². The van der Waals surface area contributed by atoms with E-state index in [0.717, 1.165) is 55.6 Å². The Hall–Kier alpha value is -4.93. The molecule has 0 unspecified atom stereocenters. The monoisotopic (exact) mass is 831 g/mol. The van der Waals surface area contributed by atoms with Gasteiger partial charge in [-0.2, -0.15) is 0 Å². The molecule has 0 N–H and O–H groups in total. The molecule has 3 aromatic heterocycles. The molecule has 5 aromatic carbocycles. The van der Waals surface area contributed by atoms with Crippen LogP contribution in [0.2, 0.25) is 19.6 Å². The zero-order chi connectivity index (χ0) is 35.6. The Morgan fingerprint density at radius 3 is 2.04 bits per heavy atom. The van der Waals surface area contributed by atoms with E-state index in [1.807, 2.05) is 103 Å². The number of aromatic nitrogens is 3. The van der Waals surface area contributed by atoms with Crippen LogP contribution in [-0.4, -0.2) is 22.6 Å². The number of nitrogens with zero attached hydrogens (tertiary/aromatic N) is 3. The van der Waals surface area contributed by atoms with Crippen LogP contribution in [0.3, 0.4) is 0 Å². The molecular weight excluding hydrogens is 791 g/mol. The summed E-state index contributed by atoms with van der Waals surface area (Å²) < 4.78 is 26.3. The largest absolute Gasteiger partial charge is 0.310 e. The van der Waals surface area contributed by atoms with E-state index in [1.54, 1.807) is 6.07 Å². The first-order chi connectivity index (χ1) is 24.6. The molecule has 49 heavy (non-hydrogen) atoms. The minimum atomic E-state index is -2.24. The molecule has 8 aromatic rings. The average Bonchev–Trinajstić information content (AvgIpc) is 3.49. The number of para-hydroxylation sites is 2. The van der Waals surface area contributed by atoms with Gasteiger partial charge in [0.2, 0.25) is 0 Å². The van der Waals surface area contributed by atoms with Gasteiger partial charge in [-0.3, -0.25) is 0 Å². The molecule has 0 aliphatic heterocycles. The molecule has 0 spiro atoms. The van der Waals surface area contributed by atoms with Gasteiger partial charge in [0.1, 0.15) is 0 Å². The van der Waals surface area contributed by atoms with Crippen LogP contribution in [0.4, 0.5) is 0 Å². The molecule has 0 amide bonds. The minimum Gasteiger partial charge on any atom is -0.310 e. The second-order valence-electron chi connectivity index (χ2n) is 12.8. The number of fused-ring (bicyclic) bond motifs is 3. The Morgan fingerprint density at radius 2 is 1.35 bits per heavy atom. The normalized spacial score (nSPS) is 12.3. The molecule has 8 rings (SSSR count). The second-order valence-corrected chi connectivity index (χ2v) is 17.9. The van der Waals surface area contributed by atoms with Crippen molar-refractivity contribution in [1.29, 1.82) is 0 Å². The molecule has 5 heteroatoms. The van der Waals surface area contributed by atoms with Crippen molar-refractivity contribution in [3.05, 3.63) is 170 Å². The van der Waals surface area contributed by atoms with E-state index in [0.29, 0.717) is 5.56 Å². The SMILES string of the molecule is C[Si](C)(C)c1ccc(-c2[c-]cccc2)nc1.[2H]C([2H])([2H])c1c[c-]c(-c2cc3c(cn2)c2ccccc2n3-c2ccccc2)cc1-c1ccccc1.[Ir]. The molecule has 0 saturated heterocycles. The fourth-order valence-corrected chi connectivity index (χ4v) is 6.95. The maximum Gasteiger partial charge on any atom is 0.0795 e. The summed E-state index contributed by atoms with van der Waals surface area (Å²) in [5, 5.41) is 3.60. The van der Waals surface area contributed by atoms with Crippen LogP contribution < -0.4 is 5.19 Å². The van der Waals surface area contributed by atoms with Gasteiger partial charge in [-0.05, 0) is 40.3 Å². The molecule has 0 saturated carbocycles. The van der Waals surface area contributed by atoms with Crippen molar-refractivity contribution in [1.82, 2.24) is 14.5 Å². The predicted octanol–water partition coefficient (Wildman–Crippen LogP) is 10.7. The van der Waals surface area contributed by atoms with Crippen molar-refractivity contribution in [3.8, 4) is 39.3 Å². The van der Waals surface area contributed by atoms with Gasteiger partial charge in [0.15, 0.2) is 0 Å². The Kier molecular flexibility index (Phi) is 9.03. The fourth-order valence-electron chi connectivity index (χ4n) is 5.91. The molecule has 0 aliphatic rings. The van der Waals surface area contributed by atoms with E-state index in [4.69, 9.17) is 9.10 Å². The standard InChI is InChI=1S/C30H21N2.C14H16NSi.Ir/c1-21-16-17-23(18-26(21)22-10-4-2-5-11-22)28-19-30-27(20-31-28)25-14-8-9-15-29(25)32(30)24-12-6-3-7-13-24;1-16(2,3)13-9-10-14(15-11-13)12-7-5-4-6-8-12;/h2-16,18-20H,1H3;4-7,9-11H,1-3H3;/q2*-1;/i1D3;;. The van der Waals surface area contributed by atoms with Gasteiger partial charge >= 0.3 is 0 Å². The number of hydrogen-bond acceptors (Lipinski definition) is 2.